The molecule has 1 aromatic carbocycles. The zero-order chi connectivity index (χ0) is 18.8. The standard InChI is InChI=1S/C20H20FN5O/c1-13-10-15(2-3-17(13)21)25-20(27)14-4-8-26(9-5-14)16-11-18-19(24-12-16)23-7-6-22-18/h2-3,6-7,10-12,14H,4-5,8-9H2,1H3,(H,25,27). The lowest BCUT2D eigenvalue weighted by atomic mass is 9.95. The molecule has 0 spiro atoms. The van der Waals surface area contributed by atoms with Gasteiger partial charge in [-0.15, -0.1) is 0 Å². The van der Waals surface area contributed by atoms with E-state index in [2.05, 4.69) is 25.2 Å². The fourth-order valence-corrected chi connectivity index (χ4v) is 3.39. The SMILES string of the molecule is Cc1cc(NC(=O)C2CCN(c3cnc4nccnc4c3)CC2)ccc1F. The van der Waals surface area contributed by atoms with Gasteiger partial charge in [-0.2, -0.15) is 0 Å². The number of piperidine rings is 1. The number of aryl methyl sites for hydroxylation is 1. The predicted molar refractivity (Wildman–Crippen MR) is 102 cm³/mol. The highest BCUT2D eigenvalue weighted by Crippen LogP contribution is 2.25. The van der Waals surface area contributed by atoms with E-state index in [1.165, 1.54) is 6.07 Å². The van der Waals surface area contributed by atoms with Gasteiger partial charge < -0.3 is 10.2 Å². The van der Waals surface area contributed by atoms with E-state index in [1.807, 2.05) is 6.07 Å². The van der Waals surface area contributed by atoms with Crippen molar-refractivity contribution in [2.45, 2.75) is 19.8 Å². The maximum atomic E-state index is 13.4. The molecule has 0 radical (unpaired) electrons. The van der Waals surface area contributed by atoms with Crippen LogP contribution in [0.5, 0.6) is 0 Å². The molecule has 0 bridgehead atoms. The minimum Gasteiger partial charge on any atom is -0.370 e. The fraction of sp³-hybridized carbons (Fsp3) is 0.300. The normalized spacial score (nSPS) is 15.1. The quantitative estimate of drug-likeness (QED) is 0.771. The van der Waals surface area contributed by atoms with Gasteiger partial charge in [-0.25, -0.2) is 14.4 Å². The molecular weight excluding hydrogens is 345 g/mol. The first-order chi connectivity index (χ1) is 13.1. The summed E-state index contributed by atoms with van der Waals surface area (Å²) in [5.74, 6) is -0.335. The monoisotopic (exact) mass is 365 g/mol. The molecule has 0 saturated carbocycles. The molecule has 27 heavy (non-hydrogen) atoms. The summed E-state index contributed by atoms with van der Waals surface area (Å²) in [5, 5.41) is 2.90. The Morgan fingerprint density at radius 3 is 2.70 bits per heavy atom. The number of carbonyl (C=O) groups excluding carboxylic acids is 1. The average molecular weight is 365 g/mol. The number of nitrogens with zero attached hydrogens (tertiary/aromatic N) is 4. The summed E-state index contributed by atoms with van der Waals surface area (Å²) >= 11 is 0. The smallest absolute Gasteiger partial charge is 0.227 e. The highest BCUT2D eigenvalue weighted by Gasteiger charge is 2.25. The number of rotatable bonds is 3. The summed E-state index contributed by atoms with van der Waals surface area (Å²) in [6.07, 6.45) is 6.59. The van der Waals surface area contributed by atoms with Crippen molar-refractivity contribution < 1.29 is 9.18 Å². The van der Waals surface area contributed by atoms with E-state index >= 15 is 0 Å². The van der Waals surface area contributed by atoms with E-state index < -0.39 is 0 Å². The Labute approximate surface area is 156 Å². The second kappa shape index (κ2) is 7.26. The lowest BCUT2D eigenvalue weighted by Gasteiger charge is -2.32. The number of carbonyl (C=O) groups is 1. The largest absolute Gasteiger partial charge is 0.370 e. The molecule has 3 aromatic rings. The van der Waals surface area contributed by atoms with Gasteiger partial charge in [0.2, 0.25) is 5.91 Å². The number of benzene rings is 1. The molecule has 138 valence electrons. The molecule has 1 saturated heterocycles. The molecule has 1 fully saturated rings. The lowest BCUT2D eigenvalue weighted by molar-refractivity contribution is -0.120. The van der Waals surface area contributed by atoms with Crippen LogP contribution in [0.15, 0.2) is 42.9 Å². The molecule has 2 aromatic heterocycles. The summed E-state index contributed by atoms with van der Waals surface area (Å²) in [6, 6.07) is 6.61. The molecule has 0 aliphatic carbocycles. The summed E-state index contributed by atoms with van der Waals surface area (Å²) < 4.78 is 13.4. The van der Waals surface area contributed by atoms with E-state index in [-0.39, 0.29) is 17.6 Å². The Kier molecular flexibility index (Phi) is 4.66. The Hall–Kier alpha value is -3.09. The van der Waals surface area contributed by atoms with E-state index in [1.54, 1.807) is 37.6 Å². The maximum absolute atomic E-state index is 13.4. The van der Waals surface area contributed by atoms with Gasteiger partial charge in [-0.05, 0) is 49.6 Å². The third kappa shape index (κ3) is 3.72. The molecule has 4 rings (SSSR count). The van der Waals surface area contributed by atoms with Crippen molar-refractivity contribution in [3.63, 3.8) is 0 Å². The molecular formula is C20H20FN5O. The molecule has 1 amide bonds. The van der Waals surface area contributed by atoms with Gasteiger partial charge in [0.15, 0.2) is 5.65 Å². The Balaban J connectivity index is 1.38. The first kappa shape index (κ1) is 17.3. The third-order valence-electron chi connectivity index (χ3n) is 4.97. The second-order valence-electron chi connectivity index (χ2n) is 6.81. The first-order valence-electron chi connectivity index (χ1n) is 8.99. The fourth-order valence-electron chi connectivity index (χ4n) is 3.39. The van der Waals surface area contributed by atoms with Gasteiger partial charge in [0.1, 0.15) is 11.3 Å². The zero-order valence-corrected chi connectivity index (χ0v) is 15.0. The van der Waals surface area contributed by atoms with Crippen LogP contribution in [-0.2, 0) is 4.79 Å². The first-order valence-corrected chi connectivity index (χ1v) is 8.99. The van der Waals surface area contributed by atoms with Crippen LogP contribution in [-0.4, -0.2) is 33.9 Å². The highest BCUT2D eigenvalue weighted by molar-refractivity contribution is 5.92. The molecule has 1 N–H and O–H groups in total. The highest BCUT2D eigenvalue weighted by atomic mass is 19.1. The van der Waals surface area contributed by atoms with Crippen molar-refractivity contribution in [1.29, 1.82) is 0 Å². The van der Waals surface area contributed by atoms with E-state index in [0.717, 1.165) is 37.1 Å². The van der Waals surface area contributed by atoms with Gasteiger partial charge in [-0.1, -0.05) is 0 Å². The number of hydrogen-bond donors (Lipinski definition) is 1. The van der Waals surface area contributed by atoms with Crippen LogP contribution in [0.2, 0.25) is 0 Å². The van der Waals surface area contributed by atoms with Crippen LogP contribution < -0.4 is 10.2 Å². The summed E-state index contributed by atoms with van der Waals surface area (Å²) in [5.41, 5.74) is 3.55. The molecule has 1 aliphatic rings. The van der Waals surface area contributed by atoms with E-state index in [9.17, 15) is 9.18 Å². The number of anilines is 2. The lowest BCUT2D eigenvalue weighted by Crippen LogP contribution is -2.38. The van der Waals surface area contributed by atoms with Crippen LogP contribution in [0.3, 0.4) is 0 Å². The van der Waals surface area contributed by atoms with Crippen molar-refractivity contribution in [3.05, 3.63) is 54.2 Å². The molecule has 7 heteroatoms. The minimum atomic E-state index is -0.269. The van der Waals surface area contributed by atoms with Gasteiger partial charge in [0, 0.05) is 37.1 Å². The third-order valence-corrected chi connectivity index (χ3v) is 4.97. The Morgan fingerprint density at radius 1 is 1.15 bits per heavy atom. The van der Waals surface area contributed by atoms with Gasteiger partial charge in [0.25, 0.3) is 0 Å². The van der Waals surface area contributed by atoms with Crippen LogP contribution >= 0.6 is 0 Å². The molecule has 0 atom stereocenters. The van der Waals surface area contributed by atoms with Crippen LogP contribution in [0.25, 0.3) is 11.2 Å². The molecule has 1 aliphatic heterocycles. The number of pyridine rings is 1. The Morgan fingerprint density at radius 2 is 1.93 bits per heavy atom. The van der Waals surface area contributed by atoms with E-state index in [0.29, 0.717) is 16.9 Å². The van der Waals surface area contributed by atoms with Crippen molar-refractivity contribution in [2.75, 3.05) is 23.3 Å². The van der Waals surface area contributed by atoms with Crippen LogP contribution in [0, 0.1) is 18.7 Å². The van der Waals surface area contributed by atoms with Gasteiger partial charge >= 0.3 is 0 Å². The maximum Gasteiger partial charge on any atom is 0.227 e. The number of hydrogen-bond acceptors (Lipinski definition) is 5. The van der Waals surface area contributed by atoms with Gasteiger partial charge in [0.05, 0.1) is 11.9 Å². The van der Waals surface area contributed by atoms with Crippen molar-refractivity contribution in [1.82, 2.24) is 15.0 Å². The summed E-state index contributed by atoms with van der Waals surface area (Å²) in [7, 11) is 0. The molecule has 3 heterocycles. The van der Waals surface area contributed by atoms with Gasteiger partial charge in [-0.3, -0.25) is 9.78 Å². The second-order valence-corrected chi connectivity index (χ2v) is 6.81. The van der Waals surface area contributed by atoms with Crippen molar-refractivity contribution in [2.24, 2.45) is 5.92 Å². The summed E-state index contributed by atoms with van der Waals surface area (Å²) in [4.78, 5) is 27.6. The minimum absolute atomic E-state index is 0.0110. The number of nitrogens with one attached hydrogen (secondary N) is 1. The topological polar surface area (TPSA) is 71.0 Å². The van der Waals surface area contributed by atoms with Crippen LogP contribution in [0.1, 0.15) is 18.4 Å². The molecule has 6 nitrogen and oxygen atoms in total. The average Bonchev–Trinajstić information content (AvgIpc) is 2.70. The number of aromatic nitrogens is 3. The summed E-state index contributed by atoms with van der Waals surface area (Å²) in [6.45, 7) is 3.23. The Bertz CT molecular complexity index is 985. The van der Waals surface area contributed by atoms with Crippen molar-refractivity contribution in [3.8, 4) is 0 Å². The van der Waals surface area contributed by atoms with Crippen molar-refractivity contribution >= 4 is 28.4 Å². The number of halogens is 1. The van der Waals surface area contributed by atoms with E-state index in [4.69, 9.17) is 0 Å². The van der Waals surface area contributed by atoms with Crippen LogP contribution in [0.4, 0.5) is 15.8 Å². The number of fused-ring (bicyclic) bond motifs is 1. The predicted octanol–water partition coefficient (Wildman–Crippen LogP) is 3.33. The number of amides is 1. The zero-order valence-electron chi connectivity index (χ0n) is 15.0. The molecule has 0 unspecified atom stereocenters.